The largest absolute Gasteiger partial charge is 0.393 e. The summed E-state index contributed by atoms with van der Waals surface area (Å²) in [7, 11) is 0. The normalized spacial score (nSPS) is 12.1. The molecule has 1 aromatic rings. The summed E-state index contributed by atoms with van der Waals surface area (Å²) in [5.74, 6) is 0. The molecule has 0 aliphatic rings. The number of hydrogen-bond acceptors (Lipinski definition) is 3. The molecule has 2 N–H and O–H groups in total. The highest BCUT2D eigenvalue weighted by Crippen LogP contribution is 2.02. The molecule has 0 heterocycles. The SMILES string of the molecule is C[C@@H](O)CCNCc1ccc(C#N)cc1. The fourth-order valence-corrected chi connectivity index (χ4v) is 1.24. The van der Waals surface area contributed by atoms with Crippen LogP contribution >= 0.6 is 0 Å². The van der Waals surface area contributed by atoms with Gasteiger partial charge in [0.2, 0.25) is 0 Å². The average molecular weight is 204 g/mol. The smallest absolute Gasteiger partial charge is 0.0991 e. The van der Waals surface area contributed by atoms with E-state index >= 15 is 0 Å². The zero-order valence-electron chi connectivity index (χ0n) is 8.90. The number of nitrogens with zero attached hydrogens (tertiary/aromatic N) is 1. The summed E-state index contributed by atoms with van der Waals surface area (Å²) in [6, 6.07) is 9.58. The van der Waals surface area contributed by atoms with Crippen molar-refractivity contribution in [3.05, 3.63) is 35.4 Å². The monoisotopic (exact) mass is 204 g/mol. The Morgan fingerprint density at radius 3 is 2.60 bits per heavy atom. The van der Waals surface area contributed by atoms with Gasteiger partial charge in [0.25, 0.3) is 0 Å². The summed E-state index contributed by atoms with van der Waals surface area (Å²) in [4.78, 5) is 0. The van der Waals surface area contributed by atoms with E-state index in [9.17, 15) is 0 Å². The maximum atomic E-state index is 9.04. The minimum Gasteiger partial charge on any atom is -0.393 e. The van der Waals surface area contributed by atoms with Crippen molar-refractivity contribution in [2.24, 2.45) is 0 Å². The van der Waals surface area contributed by atoms with Crippen LogP contribution in [0.1, 0.15) is 24.5 Å². The van der Waals surface area contributed by atoms with Crippen LogP contribution in [-0.4, -0.2) is 17.8 Å². The predicted octanol–water partition coefficient (Wildman–Crippen LogP) is 1.42. The van der Waals surface area contributed by atoms with E-state index < -0.39 is 0 Å². The van der Waals surface area contributed by atoms with E-state index in [0.29, 0.717) is 5.56 Å². The summed E-state index contributed by atoms with van der Waals surface area (Å²) < 4.78 is 0. The molecule has 0 radical (unpaired) electrons. The highest BCUT2D eigenvalue weighted by Gasteiger charge is 1.96. The second kappa shape index (κ2) is 6.18. The molecule has 0 saturated carbocycles. The molecular formula is C12H16N2O. The third-order valence-corrected chi connectivity index (χ3v) is 2.15. The van der Waals surface area contributed by atoms with Crippen LogP contribution in [0.2, 0.25) is 0 Å². The van der Waals surface area contributed by atoms with Gasteiger partial charge in [-0.15, -0.1) is 0 Å². The number of hydrogen-bond donors (Lipinski definition) is 2. The molecule has 0 spiro atoms. The van der Waals surface area contributed by atoms with Crippen LogP contribution in [0.5, 0.6) is 0 Å². The van der Waals surface area contributed by atoms with Crippen LogP contribution in [0, 0.1) is 11.3 Å². The van der Waals surface area contributed by atoms with Gasteiger partial charge in [0.15, 0.2) is 0 Å². The van der Waals surface area contributed by atoms with Crippen LogP contribution in [0.4, 0.5) is 0 Å². The third kappa shape index (κ3) is 4.59. The maximum absolute atomic E-state index is 9.04. The Morgan fingerprint density at radius 1 is 1.40 bits per heavy atom. The molecule has 3 heteroatoms. The van der Waals surface area contributed by atoms with Crippen LogP contribution < -0.4 is 5.32 Å². The quantitative estimate of drug-likeness (QED) is 0.713. The van der Waals surface area contributed by atoms with Crippen LogP contribution in [0.3, 0.4) is 0 Å². The first-order valence-corrected chi connectivity index (χ1v) is 5.10. The van der Waals surface area contributed by atoms with Crippen LogP contribution in [0.25, 0.3) is 0 Å². The summed E-state index contributed by atoms with van der Waals surface area (Å²) in [6.07, 6.45) is 0.509. The molecule has 0 bridgehead atoms. The number of benzene rings is 1. The fraction of sp³-hybridized carbons (Fsp3) is 0.417. The van der Waals surface area contributed by atoms with Crippen molar-refractivity contribution in [1.29, 1.82) is 5.26 Å². The van der Waals surface area contributed by atoms with Crippen molar-refractivity contribution in [2.45, 2.75) is 26.0 Å². The summed E-state index contributed by atoms with van der Waals surface area (Å²) in [6.45, 7) is 3.36. The summed E-state index contributed by atoms with van der Waals surface area (Å²) >= 11 is 0. The Kier molecular flexibility index (Phi) is 4.82. The first-order valence-electron chi connectivity index (χ1n) is 5.10. The molecule has 1 atom stereocenters. The molecule has 1 aromatic carbocycles. The molecular weight excluding hydrogens is 188 g/mol. The van der Waals surface area contributed by atoms with E-state index in [1.807, 2.05) is 24.3 Å². The zero-order valence-corrected chi connectivity index (χ0v) is 8.90. The molecule has 15 heavy (non-hydrogen) atoms. The molecule has 0 aromatic heterocycles. The molecule has 0 fully saturated rings. The number of nitriles is 1. The fourth-order valence-electron chi connectivity index (χ4n) is 1.24. The van der Waals surface area contributed by atoms with E-state index in [1.165, 1.54) is 0 Å². The Bertz CT molecular complexity index is 324. The predicted molar refractivity (Wildman–Crippen MR) is 59.2 cm³/mol. The Labute approximate surface area is 90.4 Å². The lowest BCUT2D eigenvalue weighted by molar-refractivity contribution is 0.183. The van der Waals surface area contributed by atoms with Gasteiger partial charge in [0.05, 0.1) is 17.7 Å². The third-order valence-electron chi connectivity index (χ3n) is 2.15. The van der Waals surface area contributed by atoms with Crippen LogP contribution in [-0.2, 0) is 6.54 Å². The molecule has 0 aliphatic carbocycles. The highest BCUT2D eigenvalue weighted by molar-refractivity contribution is 5.31. The van der Waals surface area contributed by atoms with Gasteiger partial charge < -0.3 is 10.4 Å². The lowest BCUT2D eigenvalue weighted by Crippen LogP contribution is -2.18. The van der Waals surface area contributed by atoms with E-state index in [4.69, 9.17) is 10.4 Å². The molecule has 0 amide bonds. The van der Waals surface area contributed by atoms with Crippen LogP contribution in [0.15, 0.2) is 24.3 Å². The highest BCUT2D eigenvalue weighted by atomic mass is 16.3. The van der Waals surface area contributed by atoms with Crippen molar-refractivity contribution in [2.75, 3.05) is 6.54 Å². The minimum absolute atomic E-state index is 0.251. The van der Waals surface area contributed by atoms with Gasteiger partial charge in [-0.2, -0.15) is 5.26 Å². The lowest BCUT2D eigenvalue weighted by Gasteiger charge is -2.06. The molecule has 0 unspecified atom stereocenters. The lowest BCUT2D eigenvalue weighted by atomic mass is 10.1. The number of aliphatic hydroxyl groups is 1. The second-order valence-corrected chi connectivity index (χ2v) is 3.62. The molecule has 3 nitrogen and oxygen atoms in total. The van der Waals surface area contributed by atoms with E-state index in [1.54, 1.807) is 6.92 Å². The molecule has 1 rings (SSSR count). The van der Waals surface area contributed by atoms with Crippen molar-refractivity contribution in [3.8, 4) is 6.07 Å². The first-order chi connectivity index (χ1) is 7.22. The second-order valence-electron chi connectivity index (χ2n) is 3.62. The topological polar surface area (TPSA) is 56.0 Å². The zero-order chi connectivity index (χ0) is 11.1. The minimum atomic E-state index is -0.251. The Hall–Kier alpha value is -1.37. The molecule has 0 aliphatic heterocycles. The van der Waals surface area contributed by atoms with Crippen molar-refractivity contribution in [3.63, 3.8) is 0 Å². The molecule has 0 saturated heterocycles. The molecule has 80 valence electrons. The average Bonchev–Trinajstić information content (AvgIpc) is 2.25. The number of aliphatic hydroxyl groups excluding tert-OH is 1. The van der Waals surface area contributed by atoms with Gasteiger partial charge in [0.1, 0.15) is 0 Å². The van der Waals surface area contributed by atoms with Gasteiger partial charge in [0, 0.05) is 6.54 Å². The van der Waals surface area contributed by atoms with E-state index in [2.05, 4.69) is 11.4 Å². The van der Waals surface area contributed by atoms with Crippen molar-refractivity contribution in [1.82, 2.24) is 5.32 Å². The van der Waals surface area contributed by atoms with E-state index in [-0.39, 0.29) is 6.10 Å². The van der Waals surface area contributed by atoms with Gasteiger partial charge in [-0.1, -0.05) is 12.1 Å². The number of nitrogens with one attached hydrogen (secondary N) is 1. The van der Waals surface area contributed by atoms with Gasteiger partial charge in [-0.25, -0.2) is 0 Å². The standard InChI is InChI=1S/C12H16N2O/c1-10(15)6-7-14-9-12-4-2-11(8-13)3-5-12/h2-5,10,14-15H,6-7,9H2,1H3/t10-/m1/s1. The van der Waals surface area contributed by atoms with Crippen molar-refractivity contribution >= 4 is 0 Å². The Balaban J connectivity index is 2.29. The number of rotatable bonds is 5. The Morgan fingerprint density at radius 2 is 2.07 bits per heavy atom. The maximum Gasteiger partial charge on any atom is 0.0991 e. The first kappa shape index (κ1) is 11.7. The van der Waals surface area contributed by atoms with Gasteiger partial charge >= 0.3 is 0 Å². The van der Waals surface area contributed by atoms with Crippen molar-refractivity contribution < 1.29 is 5.11 Å². The van der Waals surface area contributed by atoms with Gasteiger partial charge in [-0.3, -0.25) is 0 Å². The van der Waals surface area contributed by atoms with E-state index in [0.717, 1.165) is 25.1 Å². The summed E-state index contributed by atoms with van der Waals surface area (Å²) in [5, 5.41) is 20.9. The van der Waals surface area contributed by atoms with Gasteiger partial charge in [-0.05, 0) is 37.6 Å². The summed E-state index contributed by atoms with van der Waals surface area (Å²) in [5.41, 5.74) is 1.84.